The molecular formula is C5H3N3O2. The minimum Gasteiger partial charge on any atom is -0.439 e. The topological polar surface area (TPSA) is 63.4 Å². The van der Waals surface area contributed by atoms with Crippen LogP contribution in [0.4, 0.5) is 0 Å². The van der Waals surface area contributed by atoms with E-state index in [9.17, 15) is 4.79 Å². The second-order valence-corrected chi connectivity index (χ2v) is 1.80. The fourth-order valence-corrected chi connectivity index (χ4v) is 0.743. The molecule has 0 N–H and O–H groups in total. The van der Waals surface area contributed by atoms with Crippen molar-refractivity contribution in [2.45, 2.75) is 0 Å². The summed E-state index contributed by atoms with van der Waals surface area (Å²) in [6, 6.07) is 0. The normalized spacial score (nSPS) is 21.4. The van der Waals surface area contributed by atoms with Gasteiger partial charge in [0.15, 0.2) is 12.6 Å². The molecule has 0 fully saturated rings. The van der Waals surface area contributed by atoms with Crippen molar-refractivity contribution in [1.29, 1.82) is 0 Å². The molecule has 0 aliphatic carbocycles. The second-order valence-electron chi connectivity index (χ2n) is 1.80. The highest BCUT2D eigenvalue weighted by atomic mass is 16.5. The number of amidine groups is 1. The van der Waals surface area contributed by atoms with Crippen molar-refractivity contribution in [3.05, 3.63) is 11.8 Å². The van der Waals surface area contributed by atoms with Crippen LogP contribution in [-0.2, 0) is 9.53 Å². The lowest BCUT2D eigenvalue weighted by molar-refractivity contribution is -0.138. The molecule has 0 bridgehead atoms. The number of fused-ring (bicyclic) bond motifs is 1. The predicted octanol–water partition coefficient (Wildman–Crippen LogP) is 0.249. The lowest BCUT2D eigenvalue weighted by Crippen LogP contribution is -2.18. The number of rotatable bonds is 0. The zero-order valence-electron chi connectivity index (χ0n) is 4.94. The van der Waals surface area contributed by atoms with Crippen molar-refractivity contribution >= 4 is 11.8 Å². The van der Waals surface area contributed by atoms with Crippen LogP contribution in [0.15, 0.2) is 27.0 Å². The first-order valence-corrected chi connectivity index (χ1v) is 2.71. The summed E-state index contributed by atoms with van der Waals surface area (Å²) in [6.45, 7) is 0.0600. The van der Waals surface area contributed by atoms with Gasteiger partial charge in [-0.25, -0.2) is 9.79 Å². The van der Waals surface area contributed by atoms with Gasteiger partial charge in [0.1, 0.15) is 5.57 Å². The number of carbonyl (C=O) groups is 1. The first-order chi connectivity index (χ1) is 4.88. The van der Waals surface area contributed by atoms with Gasteiger partial charge in [0.2, 0.25) is 0 Å². The summed E-state index contributed by atoms with van der Waals surface area (Å²) in [5.74, 6) is -0.00810. The van der Waals surface area contributed by atoms with Gasteiger partial charge in [-0.2, -0.15) is 5.11 Å². The van der Waals surface area contributed by atoms with Gasteiger partial charge in [-0.1, -0.05) is 0 Å². The molecule has 2 rings (SSSR count). The molecule has 0 saturated carbocycles. The summed E-state index contributed by atoms with van der Waals surface area (Å²) in [6.07, 6.45) is 1.35. The molecular weight excluding hydrogens is 134 g/mol. The molecule has 0 unspecified atom stereocenters. The molecule has 0 atom stereocenters. The second kappa shape index (κ2) is 1.73. The summed E-state index contributed by atoms with van der Waals surface area (Å²) in [5.41, 5.74) is 0.353. The molecule has 0 spiro atoms. The SMILES string of the molecule is O=C1OCN=C2N=NC=C12. The Kier molecular flexibility index (Phi) is 0.913. The number of aliphatic imine (C=N–C) groups is 1. The largest absolute Gasteiger partial charge is 0.439 e. The molecule has 0 aromatic heterocycles. The van der Waals surface area contributed by atoms with E-state index < -0.39 is 5.97 Å². The maximum Gasteiger partial charge on any atom is 0.345 e. The van der Waals surface area contributed by atoms with Gasteiger partial charge in [0, 0.05) is 0 Å². The molecule has 2 aliphatic rings. The predicted molar refractivity (Wildman–Crippen MR) is 31.3 cm³/mol. The van der Waals surface area contributed by atoms with E-state index in [2.05, 4.69) is 20.0 Å². The van der Waals surface area contributed by atoms with Crippen molar-refractivity contribution in [2.24, 2.45) is 15.2 Å². The first kappa shape index (κ1) is 5.28. The maximum atomic E-state index is 10.8. The van der Waals surface area contributed by atoms with Crippen LogP contribution in [0.1, 0.15) is 0 Å². The van der Waals surface area contributed by atoms with E-state index in [1.54, 1.807) is 0 Å². The zero-order valence-corrected chi connectivity index (χ0v) is 4.94. The Labute approximate surface area is 56.1 Å². The summed E-state index contributed by atoms with van der Waals surface area (Å²) in [7, 11) is 0. The Morgan fingerprint density at radius 1 is 1.60 bits per heavy atom. The number of hydrogen-bond acceptors (Lipinski definition) is 5. The number of hydrogen-bond donors (Lipinski definition) is 0. The van der Waals surface area contributed by atoms with Gasteiger partial charge < -0.3 is 4.74 Å². The van der Waals surface area contributed by atoms with Crippen molar-refractivity contribution in [3.63, 3.8) is 0 Å². The number of nitrogens with zero attached hydrogens (tertiary/aromatic N) is 3. The smallest absolute Gasteiger partial charge is 0.345 e. The van der Waals surface area contributed by atoms with E-state index in [0.717, 1.165) is 0 Å². The molecule has 0 radical (unpaired) electrons. The average molecular weight is 137 g/mol. The fourth-order valence-electron chi connectivity index (χ4n) is 0.743. The zero-order chi connectivity index (χ0) is 6.97. The van der Waals surface area contributed by atoms with Crippen LogP contribution in [0.2, 0.25) is 0 Å². The van der Waals surface area contributed by atoms with Crippen LogP contribution >= 0.6 is 0 Å². The molecule has 50 valence electrons. The Morgan fingerprint density at radius 2 is 2.50 bits per heavy atom. The van der Waals surface area contributed by atoms with Gasteiger partial charge in [0.05, 0.1) is 6.20 Å². The highest BCUT2D eigenvalue weighted by Gasteiger charge is 2.24. The molecule has 2 heterocycles. The lowest BCUT2D eigenvalue weighted by atomic mass is 10.3. The standard InChI is InChI=1S/C5H3N3O2/c9-5-3-1-7-8-4(3)6-2-10-5/h1H,2H2. The number of ether oxygens (including phenoxy) is 1. The number of carbonyl (C=O) groups excluding carboxylic acids is 1. The molecule has 5 nitrogen and oxygen atoms in total. The Balaban J connectivity index is 2.46. The Morgan fingerprint density at radius 3 is 3.30 bits per heavy atom. The van der Waals surface area contributed by atoms with Gasteiger partial charge >= 0.3 is 5.97 Å². The Bertz CT molecular complexity index is 277. The van der Waals surface area contributed by atoms with Gasteiger partial charge in [0.25, 0.3) is 0 Å². The van der Waals surface area contributed by atoms with Gasteiger partial charge in [-0.15, -0.1) is 5.11 Å². The van der Waals surface area contributed by atoms with E-state index in [0.29, 0.717) is 11.4 Å². The first-order valence-electron chi connectivity index (χ1n) is 2.71. The molecule has 5 heteroatoms. The van der Waals surface area contributed by atoms with E-state index in [4.69, 9.17) is 0 Å². The van der Waals surface area contributed by atoms with E-state index in [1.165, 1.54) is 6.20 Å². The van der Waals surface area contributed by atoms with Crippen LogP contribution in [0, 0.1) is 0 Å². The van der Waals surface area contributed by atoms with E-state index in [-0.39, 0.29) is 6.73 Å². The van der Waals surface area contributed by atoms with Crippen molar-refractivity contribution in [2.75, 3.05) is 6.73 Å². The summed E-state index contributed by atoms with van der Waals surface area (Å²) in [4.78, 5) is 14.6. The monoisotopic (exact) mass is 137 g/mol. The molecule has 0 saturated heterocycles. The van der Waals surface area contributed by atoms with Crippen molar-refractivity contribution in [3.8, 4) is 0 Å². The third-order valence-corrected chi connectivity index (χ3v) is 1.21. The summed E-state index contributed by atoms with van der Waals surface area (Å²) >= 11 is 0. The van der Waals surface area contributed by atoms with E-state index in [1.807, 2.05) is 0 Å². The minimum absolute atomic E-state index is 0.0600. The van der Waals surface area contributed by atoms with Gasteiger partial charge in [-0.3, -0.25) is 0 Å². The van der Waals surface area contributed by atoms with Crippen molar-refractivity contribution < 1.29 is 9.53 Å². The van der Waals surface area contributed by atoms with Crippen LogP contribution in [-0.4, -0.2) is 18.5 Å². The third kappa shape index (κ3) is 0.570. The fraction of sp³-hybridized carbons (Fsp3) is 0.200. The highest BCUT2D eigenvalue weighted by Crippen LogP contribution is 2.14. The average Bonchev–Trinajstić information content (AvgIpc) is 2.36. The van der Waals surface area contributed by atoms with Gasteiger partial charge in [-0.05, 0) is 0 Å². The third-order valence-electron chi connectivity index (χ3n) is 1.21. The van der Waals surface area contributed by atoms with Crippen LogP contribution in [0.3, 0.4) is 0 Å². The molecule has 0 aromatic rings. The van der Waals surface area contributed by atoms with Crippen LogP contribution < -0.4 is 0 Å². The van der Waals surface area contributed by atoms with E-state index >= 15 is 0 Å². The minimum atomic E-state index is -0.394. The molecule has 2 aliphatic heterocycles. The maximum absolute atomic E-state index is 10.8. The quantitative estimate of drug-likeness (QED) is 0.449. The Hall–Kier alpha value is -1.52. The lowest BCUT2D eigenvalue weighted by Gasteiger charge is -2.06. The molecule has 0 aromatic carbocycles. The van der Waals surface area contributed by atoms with Crippen LogP contribution in [0.25, 0.3) is 0 Å². The number of esters is 1. The van der Waals surface area contributed by atoms with Crippen LogP contribution in [0.5, 0.6) is 0 Å². The number of azo groups is 1. The summed E-state index contributed by atoms with van der Waals surface area (Å²) < 4.78 is 4.58. The van der Waals surface area contributed by atoms with Crippen molar-refractivity contribution in [1.82, 2.24) is 0 Å². The number of cyclic esters (lactones) is 1. The summed E-state index contributed by atoms with van der Waals surface area (Å²) in [5, 5.41) is 7.10. The highest BCUT2D eigenvalue weighted by molar-refractivity contribution is 6.20. The molecule has 10 heavy (non-hydrogen) atoms. The molecule has 0 amide bonds.